The van der Waals surface area contributed by atoms with Crippen LogP contribution in [0.5, 0.6) is 0 Å². The highest BCUT2D eigenvalue weighted by Gasteiger charge is 2.43. The van der Waals surface area contributed by atoms with Crippen molar-refractivity contribution >= 4 is 46.7 Å². The van der Waals surface area contributed by atoms with Gasteiger partial charge in [0.15, 0.2) is 6.10 Å². The van der Waals surface area contributed by atoms with E-state index in [-0.39, 0.29) is 11.9 Å². The van der Waals surface area contributed by atoms with E-state index in [0.29, 0.717) is 6.42 Å². The second-order valence-corrected chi connectivity index (χ2v) is 7.37. The van der Waals surface area contributed by atoms with Crippen molar-refractivity contribution in [2.24, 2.45) is 4.99 Å². The summed E-state index contributed by atoms with van der Waals surface area (Å²) in [5, 5.41) is 0. The van der Waals surface area contributed by atoms with Crippen molar-refractivity contribution in [1.29, 1.82) is 0 Å². The van der Waals surface area contributed by atoms with E-state index in [4.69, 9.17) is 44.3 Å². The van der Waals surface area contributed by atoms with Gasteiger partial charge in [-0.05, 0) is 18.9 Å². The predicted octanol–water partition coefficient (Wildman–Crippen LogP) is 3.72. The SMILES string of the molecule is CC(=O)O[C@@H](C)[C@@H]1OC(C(Cl)(Cl)Cl)=N[C@@H]1Cc1ccccc1. The predicted molar refractivity (Wildman–Crippen MR) is 87.8 cm³/mol. The number of ether oxygens (including phenoxy) is 2. The molecule has 120 valence electrons. The molecule has 1 aromatic carbocycles. The minimum absolute atomic E-state index is 0.0300. The third-order valence-corrected chi connectivity index (χ3v) is 3.74. The van der Waals surface area contributed by atoms with Gasteiger partial charge in [-0.1, -0.05) is 65.1 Å². The summed E-state index contributed by atoms with van der Waals surface area (Å²) in [6.45, 7) is 3.08. The fourth-order valence-corrected chi connectivity index (χ4v) is 2.64. The van der Waals surface area contributed by atoms with E-state index in [1.54, 1.807) is 6.92 Å². The molecule has 0 saturated carbocycles. The van der Waals surface area contributed by atoms with Crippen LogP contribution in [0.1, 0.15) is 19.4 Å². The fourth-order valence-electron chi connectivity index (χ4n) is 2.36. The molecule has 4 nitrogen and oxygen atoms in total. The van der Waals surface area contributed by atoms with Gasteiger partial charge < -0.3 is 9.47 Å². The zero-order chi connectivity index (χ0) is 16.3. The molecule has 1 aliphatic heterocycles. The number of aliphatic imine (C=N–C) groups is 1. The van der Waals surface area contributed by atoms with Crippen LogP contribution in [-0.4, -0.2) is 33.9 Å². The molecule has 0 spiro atoms. The first kappa shape index (κ1) is 17.4. The largest absolute Gasteiger partial charge is 0.468 e. The average Bonchev–Trinajstić information content (AvgIpc) is 2.83. The summed E-state index contributed by atoms with van der Waals surface area (Å²) in [5.74, 6) is -0.362. The van der Waals surface area contributed by atoms with Crippen LogP contribution in [0.3, 0.4) is 0 Å². The molecular weight excluding hydrogens is 349 g/mol. The number of esters is 1. The van der Waals surface area contributed by atoms with Crippen LogP contribution in [0, 0.1) is 0 Å². The third kappa shape index (κ3) is 4.51. The fraction of sp³-hybridized carbons (Fsp3) is 0.467. The number of hydrogen-bond acceptors (Lipinski definition) is 4. The summed E-state index contributed by atoms with van der Waals surface area (Å²) < 4.78 is 9.11. The summed E-state index contributed by atoms with van der Waals surface area (Å²) in [6.07, 6.45) is -0.393. The standard InChI is InChI=1S/C15H16Cl3NO3/c1-9(21-10(2)20)13-12(8-11-6-4-3-5-7-11)19-14(22-13)15(16,17)18/h3-7,9,12-13H,8H2,1-2H3/t9-,12+,13-/m0/s1. The van der Waals surface area contributed by atoms with E-state index >= 15 is 0 Å². The van der Waals surface area contributed by atoms with Crippen LogP contribution in [-0.2, 0) is 20.7 Å². The molecule has 0 amide bonds. The van der Waals surface area contributed by atoms with Gasteiger partial charge in [-0.25, -0.2) is 4.99 Å². The monoisotopic (exact) mass is 363 g/mol. The maximum absolute atomic E-state index is 11.2. The van der Waals surface area contributed by atoms with Gasteiger partial charge in [-0.15, -0.1) is 0 Å². The Bertz CT molecular complexity index is 557. The normalized spacial score (nSPS) is 22.7. The first-order valence-electron chi connectivity index (χ1n) is 6.80. The summed E-state index contributed by atoms with van der Waals surface area (Å²) in [6, 6.07) is 9.49. The first-order chi connectivity index (χ1) is 10.3. The molecule has 1 heterocycles. The maximum Gasteiger partial charge on any atom is 0.303 e. The van der Waals surface area contributed by atoms with E-state index in [9.17, 15) is 4.79 Å². The molecule has 22 heavy (non-hydrogen) atoms. The van der Waals surface area contributed by atoms with E-state index in [0.717, 1.165) is 5.56 Å². The quantitative estimate of drug-likeness (QED) is 0.604. The number of rotatable bonds is 4. The zero-order valence-corrected chi connectivity index (χ0v) is 14.4. The Morgan fingerprint density at radius 1 is 1.36 bits per heavy atom. The number of alkyl halides is 3. The number of nitrogens with zero attached hydrogens (tertiary/aromatic N) is 1. The van der Waals surface area contributed by atoms with E-state index in [1.807, 2.05) is 30.3 Å². The van der Waals surface area contributed by atoms with Crippen LogP contribution in [0.4, 0.5) is 0 Å². The molecule has 0 unspecified atom stereocenters. The number of carbonyl (C=O) groups excluding carboxylic acids is 1. The number of benzene rings is 1. The summed E-state index contributed by atoms with van der Waals surface area (Å²) in [5.41, 5.74) is 1.07. The van der Waals surface area contributed by atoms with Gasteiger partial charge in [0, 0.05) is 6.92 Å². The molecule has 0 N–H and O–H groups in total. The van der Waals surface area contributed by atoms with E-state index < -0.39 is 22.0 Å². The Labute approximate surface area is 144 Å². The van der Waals surface area contributed by atoms with Crippen molar-refractivity contribution in [3.05, 3.63) is 35.9 Å². The minimum atomic E-state index is -1.74. The highest BCUT2D eigenvalue weighted by molar-refractivity contribution is 6.76. The molecule has 0 aliphatic carbocycles. The second kappa shape index (κ2) is 7.07. The zero-order valence-electron chi connectivity index (χ0n) is 12.1. The molecule has 0 aromatic heterocycles. The van der Waals surface area contributed by atoms with Crippen molar-refractivity contribution < 1.29 is 14.3 Å². The van der Waals surface area contributed by atoms with Crippen molar-refractivity contribution in [3.63, 3.8) is 0 Å². The van der Waals surface area contributed by atoms with Gasteiger partial charge in [-0.3, -0.25) is 4.79 Å². The van der Waals surface area contributed by atoms with Crippen LogP contribution >= 0.6 is 34.8 Å². The molecule has 0 bridgehead atoms. The number of carbonyl (C=O) groups is 1. The Morgan fingerprint density at radius 2 is 2.00 bits per heavy atom. The molecule has 0 fully saturated rings. The van der Waals surface area contributed by atoms with Crippen LogP contribution in [0.25, 0.3) is 0 Å². The van der Waals surface area contributed by atoms with Crippen LogP contribution < -0.4 is 0 Å². The Morgan fingerprint density at radius 3 is 2.55 bits per heavy atom. The maximum atomic E-state index is 11.2. The van der Waals surface area contributed by atoms with Gasteiger partial charge in [0.1, 0.15) is 6.10 Å². The van der Waals surface area contributed by atoms with Gasteiger partial charge >= 0.3 is 5.97 Å². The topological polar surface area (TPSA) is 47.9 Å². The Hall–Kier alpha value is -0.970. The molecule has 7 heteroatoms. The molecule has 1 aliphatic rings. The first-order valence-corrected chi connectivity index (χ1v) is 7.93. The lowest BCUT2D eigenvalue weighted by molar-refractivity contribution is -0.150. The molecule has 0 radical (unpaired) electrons. The molecule has 1 aromatic rings. The van der Waals surface area contributed by atoms with Crippen molar-refractivity contribution in [2.45, 2.75) is 42.3 Å². The smallest absolute Gasteiger partial charge is 0.303 e. The second-order valence-electron chi connectivity index (χ2n) is 5.09. The summed E-state index contributed by atoms with van der Waals surface area (Å²) in [7, 11) is 0. The van der Waals surface area contributed by atoms with Gasteiger partial charge in [0.2, 0.25) is 5.90 Å². The number of halogens is 3. The Balaban J connectivity index is 2.19. The molecule has 2 rings (SSSR count). The van der Waals surface area contributed by atoms with Crippen LogP contribution in [0.2, 0.25) is 0 Å². The highest BCUT2D eigenvalue weighted by Crippen LogP contribution is 2.35. The molecular formula is C15H16Cl3NO3. The van der Waals surface area contributed by atoms with Crippen molar-refractivity contribution in [1.82, 2.24) is 0 Å². The van der Waals surface area contributed by atoms with E-state index in [1.165, 1.54) is 6.92 Å². The third-order valence-electron chi connectivity index (χ3n) is 3.25. The minimum Gasteiger partial charge on any atom is -0.468 e. The number of hydrogen-bond donors (Lipinski definition) is 0. The molecule has 3 atom stereocenters. The van der Waals surface area contributed by atoms with Gasteiger partial charge in [0.25, 0.3) is 3.79 Å². The summed E-state index contributed by atoms with van der Waals surface area (Å²) >= 11 is 17.6. The molecule has 0 saturated heterocycles. The summed E-state index contributed by atoms with van der Waals surface area (Å²) in [4.78, 5) is 15.5. The highest BCUT2D eigenvalue weighted by atomic mass is 35.6. The lowest BCUT2D eigenvalue weighted by atomic mass is 9.99. The lowest BCUT2D eigenvalue weighted by Crippen LogP contribution is -2.38. The average molecular weight is 365 g/mol. The Kier molecular flexibility index (Phi) is 5.59. The van der Waals surface area contributed by atoms with E-state index in [2.05, 4.69) is 4.99 Å². The van der Waals surface area contributed by atoms with Gasteiger partial charge in [-0.2, -0.15) is 0 Å². The van der Waals surface area contributed by atoms with Gasteiger partial charge in [0.05, 0.1) is 6.04 Å². The van der Waals surface area contributed by atoms with Crippen molar-refractivity contribution in [3.8, 4) is 0 Å². The van der Waals surface area contributed by atoms with Crippen LogP contribution in [0.15, 0.2) is 35.3 Å². The van der Waals surface area contributed by atoms with Crippen molar-refractivity contribution in [2.75, 3.05) is 0 Å². The lowest BCUT2D eigenvalue weighted by Gasteiger charge is -2.24.